The van der Waals surface area contributed by atoms with Crippen LogP contribution in [-0.4, -0.2) is 18.6 Å². The van der Waals surface area contributed by atoms with Crippen molar-refractivity contribution in [2.75, 3.05) is 4.72 Å². The van der Waals surface area contributed by atoms with Gasteiger partial charge in [-0.1, -0.05) is 0 Å². The SMILES string of the molecule is Cc1n[nH]c(C)c1NS(=O)(=O)c1ccc(CN)o1. The van der Waals surface area contributed by atoms with Gasteiger partial charge in [0.2, 0.25) is 5.09 Å². The molecule has 0 amide bonds. The smallest absolute Gasteiger partial charge is 0.295 e. The summed E-state index contributed by atoms with van der Waals surface area (Å²) in [6.07, 6.45) is 0. The molecule has 0 fully saturated rings. The van der Waals surface area contributed by atoms with Gasteiger partial charge in [0, 0.05) is 0 Å². The van der Waals surface area contributed by atoms with E-state index in [1.54, 1.807) is 13.8 Å². The zero-order valence-electron chi connectivity index (χ0n) is 10.0. The number of anilines is 1. The third kappa shape index (κ3) is 2.24. The molecule has 7 nitrogen and oxygen atoms in total. The summed E-state index contributed by atoms with van der Waals surface area (Å²) in [7, 11) is -3.75. The summed E-state index contributed by atoms with van der Waals surface area (Å²) in [4.78, 5) is 0. The number of rotatable bonds is 4. The van der Waals surface area contributed by atoms with Crippen molar-refractivity contribution < 1.29 is 12.8 Å². The first-order valence-electron chi connectivity index (χ1n) is 5.27. The van der Waals surface area contributed by atoms with Gasteiger partial charge >= 0.3 is 0 Å². The van der Waals surface area contributed by atoms with E-state index in [-0.39, 0.29) is 11.6 Å². The first-order chi connectivity index (χ1) is 8.44. The average Bonchev–Trinajstić information content (AvgIpc) is 2.91. The number of aryl methyl sites for hydroxylation is 2. The van der Waals surface area contributed by atoms with Crippen molar-refractivity contribution in [2.45, 2.75) is 25.5 Å². The molecule has 0 bridgehead atoms. The highest BCUT2D eigenvalue weighted by atomic mass is 32.2. The van der Waals surface area contributed by atoms with Crippen LogP contribution in [0.3, 0.4) is 0 Å². The second kappa shape index (κ2) is 4.46. The lowest BCUT2D eigenvalue weighted by Gasteiger charge is -2.05. The van der Waals surface area contributed by atoms with Crippen molar-refractivity contribution in [3.8, 4) is 0 Å². The second-order valence-electron chi connectivity index (χ2n) is 3.84. The Morgan fingerprint density at radius 1 is 1.44 bits per heavy atom. The van der Waals surface area contributed by atoms with E-state index >= 15 is 0 Å². The molecule has 0 radical (unpaired) electrons. The molecule has 0 aromatic carbocycles. The topological polar surface area (TPSA) is 114 Å². The molecule has 18 heavy (non-hydrogen) atoms. The molecule has 0 saturated carbocycles. The Labute approximate surface area is 104 Å². The fourth-order valence-electron chi connectivity index (χ4n) is 1.50. The number of nitrogens with zero attached hydrogens (tertiary/aromatic N) is 1. The molecule has 8 heteroatoms. The van der Waals surface area contributed by atoms with E-state index in [1.165, 1.54) is 12.1 Å². The van der Waals surface area contributed by atoms with Gasteiger partial charge in [0.1, 0.15) is 5.76 Å². The number of nitrogens with one attached hydrogen (secondary N) is 2. The molecule has 0 spiro atoms. The van der Waals surface area contributed by atoms with Gasteiger partial charge in [-0.15, -0.1) is 0 Å². The number of aromatic amines is 1. The molecule has 0 aliphatic carbocycles. The van der Waals surface area contributed by atoms with Gasteiger partial charge in [0.05, 0.1) is 23.6 Å². The summed E-state index contributed by atoms with van der Waals surface area (Å²) in [6, 6.07) is 2.90. The Morgan fingerprint density at radius 3 is 2.67 bits per heavy atom. The normalized spacial score (nSPS) is 11.7. The van der Waals surface area contributed by atoms with Gasteiger partial charge in [-0.2, -0.15) is 13.5 Å². The third-order valence-electron chi connectivity index (χ3n) is 2.47. The van der Waals surface area contributed by atoms with E-state index in [2.05, 4.69) is 14.9 Å². The number of nitrogens with two attached hydrogens (primary N) is 1. The largest absolute Gasteiger partial charge is 0.446 e. The zero-order chi connectivity index (χ0) is 13.3. The number of hydrogen-bond acceptors (Lipinski definition) is 5. The van der Waals surface area contributed by atoms with Crippen LogP contribution in [0.4, 0.5) is 5.69 Å². The van der Waals surface area contributed by atoms with Crippen molar-refractivity contribution >= 4 is 15.7 Å². The van der Waals surface area contributed by atoms with Crippen LogP contribution in [-0.2, 0) is 16.6 Å². The second-order valence-corrected chi connectivity index (χ2v) is 5.45. The summed E-state index contributed by atoms with van der Waals surface area (Å²) < 4.78 is 31.6. The van der Waals surface area contributed by atoms with Crippen molar-refractivity contribution in [1.82, 2.24) is 10.2 Å². The van der Waals surface area contributed by atoms with Crippen LogP contribution in [0.5, 0.6) is 0 Å². The molecule has 2 aromatic rings. The summed E-state index contributed by atoms with van der Waals surface area (Å²) in [6.45, 7) is 3.58. The Kier molecular flexibility index (Phi) is 3.14. The van der Waals surface area contributed by atoms with Crippen molar-refractivity contribution in [3.05, 3.63) is 29.3 Å². The fourth-order valence-corrected chi connectivity index (χ4v) is 2.63. The number of furan rings is 1. The van der Waals surface area contributed by atoms with Crippen molar-refractivity contribution in [1.29, 1.82) is 0 Å². The van der Waals surface area contributed by atoms with E-state index in [0.717, 1.165) is 0 Å². The molecular formula is C10H14N4O3S. The van der Waals surface area contributed by atoms with Crippen LogP contribution >= 0.6 is 0 Å². The van der Waals surface area contributed by atoms with Crippen LogP contribution in [0.25, 0.3) is 0 Å². The minimum Gasteiger partial charge on any atom is -0.446 e. The fraction of sp³-hybridized carbons (Fsp3) is 0.300. The van der Waals surface area contributed by atoms with Crippen LogP contribution in [0.2, 0.25) is 0 Å². The number of hydrogen-bond donors (Lipinski definition) is 3. The maximum Gasteiger partial charge on any atom is 0.295 e. The molecule has 4 N–H and O–H groups in total. The summed E-state index contributed by atoms with van der Waals surface area (Å²) >= 11 is 0. The summed E-state index contributed by atoms with van der Waals surface area (Å²) in [5, 5.41) is 6.45. The predicted octanol–water partition coefficient (Wildman–Crippen LogP) is 0.879. The van der Waals surface area contributed by atoms with Crippen LogP contribution < -0.4 is 10.5 Å². The minimum atomic E-state index is -3.75. The lowest BCUT2D eigenvalue weighted by molar-refractivity contribution is 0.417. The number of sulfonamides is 1. The van der Waals surface area contributed by atoms with Crippen molar-refractivity contribution in [3.63, 3.8) is 0 Å². The van der Waals surface area contributed by atoms with E-state index in [0.29, 0.717) is 22.8 Å². The molecule has 2 rings (SSSR count). The third-order valence-corrected chi connectivity index (χ3v) is 3.69. The van der Waals surface area contributed by atoms with Gasteiger partial charge in [0.15, 0.2) is 0 Å². The number of H-pyrrole nitrogens is 1. The van der Waals surface area contributed by atoms with E-state index in [4.69, 9.17) is 10.2 Å². The molecule has 98 valence electrons. The monoisotopic (exact) mass is 270 g/mol. The maximum absolute atomic E-state index is 12.0. The Bertz CT molecular complexity index is 637. The first kappa shape index (κ1) is 12.7. The quantitative estimate of drug-likeness (QED) is 0.763. The summed E-state index contributed by atoms with van der Waals surface area (Å²) in [5.74, 6) is 0.413. The van der Waals surface area contributed by atoms with Crippen molar-refractivity contribution in [2.24, 2.45) is 5.73 Å². The Balaban J connectivity index is 2.33. The van der Waals surface area contributed by atoms with Crippen LogP contribution in [0.15, 0.2) is 21.6 Å². The highest BCUT2D eigenvalue weighted by Crippen LogP contribution is 2.22. The minimum absolute atomic E-state index is 0.152. The lowest BCUT2D eigenvalue weighted by atomic mass is 10.3. The first-order valence-corrected chi connectivity index (χ1v) is 6.75. The molecule has 0 saturated heterocycles. The molecule has 0 aliphatic rings. The molecule has 0 unspecified atom stereocenters. The lowest BCUT2D eigenvalue weighted by Crippen LogP contribution is -2.13. The molecule has 0 atom stereocenters. The number of aromatic nitrogens is 2. The maximum atomic E-state index is 12.0. The van der Waals surface area contributed by atoms with Gasteiger partial charge in [0.25, 0.3) is 10.0 Å². The highest BCUT2D eigenvalue weighted by Gasteiger charge is 2.21. The molecule has 2 aromatic heterocycles. The van der Waals surface area contributed by atoms with Crippen LogP contribution in [0.1, 0.15) is 17.1 Å². The zero-order valence-corrected chi connectivity index (χ0v) is 10.8. The highest BCUT2D eigenvalue weighted by molar-refractivity contribution is 7.92. The predicted molar refractivity (Wildman–Crippen MR) is 65.5 cm³/mol. The van der Waals surface area contributed by atoms with E-state index < -0.39 is 10.0 Å². The summed E-state index contributed by atoms with van der Waals surface area (Å²) in [5.41, 5.74) is 7.01. The van der Waals surface area contributed by atoms with Gasteiger partial charge < -0.3 is 10.2 Å². The molecule has 2 heterocycles. The Hall–Kier alpha value is -1.80. The van der Waals surface area contributed by atoms with E-state index in [9.17, 15) is 8.42 Å². The molecule has 0 aliphatic heterocycles. The van der Waals surface area contributed by atoms with E-state index in [1.807, 2.05) is 0 Å². The molecular weight excluding hydrogens is 256 g/mol. The average molecular weight is 270 g/mol. The van der Waals surface area contributed by atoms with Gasteiger partial charge in [-0.3, -0.25) is 9.82 Å². The standard InChI is InChI=1S/C10H14N4O3S/c1-6-10(7(2)13-12-6)14-18(15,16)9-4-3-8(5-11)17-9/h3-4,14H,5,11H2,1-2H3,(H,12,13). The van der Waals surface area contributed by atoms with Gasteiger partial charge in [-0.25, -0.2) is 0 Å². The van der Waals surface area contributed by atoms with Gasteiger partial charge in [-0.05, 0) is 26.0 Å². The Morgan fingerprint density at radius 2 is 2.17 bits per heavy atom. The van der Waals surface area contributed by atoms with Crippen LogP contribution in [0, 0.1) is 13.8 Å².